The van der Waals surface area contributed by atoms with Gasteiger partial charge in [0.25, 0.3) is 0 Å². The van der Waals surface area contributed by atoms with Gasteiger partial charge in [0.05, 0.1) is 10.6 Å². The molecule has 8 heteroatoms. The van der Waals surface area contributed by atoms with Crippen LogP contribution in [0.4, 0.5) is 10.1 Å². The Kier molecular flexibility index (Phi) is 4.80. The van der Waals surface area contributed by atoms with E-state index in [9.17, 15) is 14.5 Å². The van der Waals surface area contributed by atoms with Crippen molar-refractivity contribution in [3.63, 3.8) is 0 Å². The number of hydrogen-bond acceptors (Lipinski definition) is 5. The Balaban J connectivity index is 2.16. The van der Waals surface area contributed by atoms with Crippen molar-refractivity contribution in [3.05, 3.63) is 58.5 Å². The lowest BCUT2D eigenvalue weighted by atomic mass is 10.1. The minimum absolute atomic E-state index is 0.0352. The molecule has 0 unspecified atom stereocenters. The van der Waals surface area contributed by atoms with E-state index in [1.807, 2.05) is 6.92 Å². The molecule has 6 nitrogen and oxygen atoms in total. The highest BCUT2D eigenvalue weighted by atomic mass is 32.2. The first-order valence-electron chi connectivity index (χ1n) is 7.58. The van der Waals surface area contributed by atoms with E-state index in [4.69, 9.17) is 0 Å². The van der Waals surface area contributed by atoms with Crippen molar-refractivity contribution in [2.45, 2.75) is 11.9 Å². The van der Waals surface area contributed by atoms with Crippen LogP contribution < -0.4 is 0 Å². The van der Waals surface area contributed by atoms with E-state index in [1.165, 1.54) is 23.9 Å². The van der Waals surface area contributed by atoms with E-state index in [0.29, 0.717) is 33.3 Å². The zero-order valence-electron chi connectivity index (χ0n) is 13.6. The summed E-state index contributed by atoms with van der Waals surface area (Å²) in [5.74, 6) is 0.275. The van der Waals surface area contributed by atoms with Crippen LogP contribution in [0.3, 0.4) is 0 Å². The first-order chi connectivity index (χ1) is 12.0. The topological polar surface area (TPSA) is 73.8 Å². The molecule has 3 rings (SSSR count). The fraction of sp³-hybridized carbons (Fsp3) is 0.176. The van der Waals surface area contributed by atoms with Gasteiger partial charge in [0.1, 0.15) is 11.5 Å². The zero-order valence-corrected chi connectivity index (χ0v) is 14.5. The maximum Gasteiger partial charge on any atom is 0.301 e. The fourth-order valence-corrected chi connectivity index (χ4v) is 3.22. The molecule has 0 fully saturated rings. The van der Waals surface area contributed by atoms with Crippen molar-refractivity contribution >= 4 is 17.4 Å². The molecule has 2 heterocycles. The maximum atomic E-state index is 14.2. The molecule has 1 aromatic carbocycles. The van der Waals surface area contributed by atoms with Crippen LogP contribution in [0.25, 0.3) is 22.5 Å². The van der Waals surface area contributed by atoms with Crippen LogP contribution in [-0.2, 0) is 7.05 Å². The Morgan fingerprint density at radius 3 is 2.68 bits per heavy atom. The molecule has 0 saturated heterocycles. The number of rotatable bonds is 5. The van der Waals surface area contributed by atoms with Gasteiger partial charge in [-0.05, 0) is 24.0 Å². The lowest BCUT2D eigenvalue weighted by molar-refractivity contribution is -0.388. The number of nitrogens with zero attached hydrogens (tertiary/aromatic N) is 4. The minimum Gasteiger partial charge on any atom is -0.274 e. The second-order valence-corrected chi connectivity index (χ2v) is 6.51. The van der Waals surface area contributed by atoms with Gasteiger partial charge in [0.2, 0.25) is 0 Å². The van der Waals surface area contributed by atoms with Gasteiger partial charge in [-0.15, -0.1) is 0 Å². The number of aryl methyl sites for hydroxylation is 1. The maximum absolute atomic E-state index is 14.2. The first kappa shape index (κ1) is 17.1. The number of benzene rings is 1. The molecule has 128 valence electrons. The molecule has 0 amide bonds. The van der Waals surface area contributed by atoms with E-state index in [0.717, 1.165) is 0 Å². The highest BCUT2D eigenvalue weighted by molar-refractivity contribution is 7.99. The van der Waals surface area contributed by atoms with Crippen LogP contribution >= 0.6 is 11.8 Å². The van der Waals surface area contributed by atoms with Crippen LogP contribution in [0.15, 0.2) is 47.6 Å². The lowest BCUT2D eigenvalue weighted by Gasteiger charge is -2.06. The van der Waals surface area contributed by atoms with Crippen molar-refractivity contribution in [2.24, 2.45) is 7.05 Å². The van der Waals surface area contributed by atoms with Gasteiger partial charge in [-0.25, -0.2) is 9.37 Å². The quantitative estimate of drug-likeness (QED) is 0.386. The van der Waals surface area contributed by atoms with Gasteiger partial charge < -0.3 is 0 Å². The molecular weight excluding hydrogens is 343 g/mol. The molecule has 0 N–H and O–H groups in total. The summed E-state index contributed by atoms with van der Waals surface area (Å²) >= 11 is 1.30. The van der Waals surface area contributed by atoms with Crippen LogP contribution in [0, 0.1) is 15.9 Å². The summed E-state index contributed by atoms with van der Waals surface area (Å²) in [5, 5.41) is 15.9. The summed E-state index contributed by atoms with van der Waals surface area (Å²) in [7, 11) is 1.74. The SMILES string of the molecule is CCSc1nc(-c2cn(C)nc2-c2ccccc2F)ccc1[N+](=O)[O-]. The molecule has 0 spiro atoms. The molecule has 0 saturated carbocycles. The second kappa shape index (κ2) is 7.02. The third kappa shape index (κ3) is 3.39. The average molecular weight is 358 g/mol. The van der Waals surface area contributed by atoms with Crippen molar-refractivity contribution in [2.75, 3.05) is 5.75 Å². The van der Waals surface area contributed by atoms with Gasteiger partial charge in [-0.2, -0.15) is 5.10 Å². The van der Waals surface area contributed by atoms with Crippen molar-refractivity contribution in [1.29, 1.82) is 0 Å². The molecule has 0 atom stereocenters. The van der Waals surface area contributed by atoms with Crippen LogP contribution in [0.5, 0.6) is 0 Å². The minimum atomic E-state index is -0.449. The summed E-state index contributed by atoms with van der Waals surface area (Å²) in [6.45, 7) is 1.90. The van der Waals surface area contributed by atoms with Gasteiger partial charge >= 0.3 is 5.69 Å². The Bertz CT molecular complexity index is 942. The number of aromatic nitrogens is 3. The van der Waals surface area contributed by atoms with Gasteiger partial charge in [-0.1, -0.05) is 30.8 Å². The van der Waals surface area contributed by atoms with Gasteiger partial charge in [-0.3, -0.25) is 14.8 Å². The standard InChI is InChI=1S/C17H15FN4O2S/c1-3-25-17-15(22(23)24)9-8-14(19-17)12-10-21(2)20-16(12)11-6-4-5-7-13(11)18/h4-10H,3H2,1-2H3. The van der Waals surface area contributed by atoms with Crippen LogP contribution in [0.1, 0.15) is 6.92 Å². The average Bonchev–Trinajstić information content (AvgIpc) is 2.97. The zero-order chi connectivity index (χ0) is 18.0. The molecule has 2 aromatic heterocycles. The smallest absolute Gasteiger partial charge is 0.274 e. The highest BCUT2D eigenvalue weighted by Crippen LogP contribution is 2.35. The molecule has 0 aliphatic rings. The van der Waals surface area contributed by atoms with Crippen molar-refractivity contribution < 1.29 is 9.31 Å². The van der Waals surface area contributed by atoms with E-state index >= 15 is 0 Å². The van der Waals surface area contributed by atoms with Crippen LogP contribution in [0.2, 0.25) is 0 Å². The highest BCUT2D eigenvalue weighted by Gasteiger charge is 2.20. The Morgan fingerprint density at radius 1 is 1.24 bits per heavy atom. The summed E-state index contributed by atoms with van der Waals surface area (Å²) in [6.07, 6.45) is 1.73. The van der Waals surface area contributed by atoms with Crippen molar-refractivity contribution in [3.8, 4) is 22.5 Å². The number of hydrogen-bond donors (Lipinski definition) is 0. The molecule has 0 bridgehead atoms. The Labute approximate surface area is 147 Å². The third-order valence-corrected chi connectivity index (χ3v) is 4.41. The number of nitro groups is 1. The van der Waals surface area contributed by atoms with Crippen molar-refractivity contribution in [1.82, 2.24) is 14.8 Å². The molecule has 0 aliphatic heterocycles. The molecule has 0 aliphatic carbocycles. The molecule has 0 radical (unpaired) electrons. The van der Waals surface area contributed by atoms with E-state index in [1.54, 1.807) is 42.2 Å². The predicted octanol–water partition coefficient (Wildman–Crippen LogP) is 4.31. The second-order valence-electron chi connectivity index (χ2n) is 5.26. The van der Waals surface area contributed by atoms with E-state index in [2.05, 4.69) is 10.1 Å². The van der Waals surface area contributed by atoms with Gasteiger partial charge in [0.15, 0.2) is 5.03 Å². The predicted molar refractivity (Wildman–Crippen MR) is 94.9 cm³/mol. The summed E-state index contributed by atoms with van der Waals surface area (Å²) < 4.78 is 15.8. The van der Waals surface area contributed by atoms with E-state index < -0.39 is 4.92 Å². The summed E-state index contributed by atoms with van der Waals surface area (Å²) in [6, 6.07) is 9.36. The number of pyridine rings is 1. The van der Waals surface area contributed by atoms with E-state index in [-0.39, 0.29) is 11.5 Å². The Hall–Kier alpha value is -2.74. The molecule has 25 heavy (non-hydrogen) atoms. The van der Waals surface area contributed by atoms with Gasteiger partial charge in [0, 0.05) is 30.4 Å². The summed E-state index contributed by atoms with van der Waals surface area (Å²) in [5.41, 5.74) is 1.93. The van der Waals surface area contributed by atoms with Crippen LogP contribution in [-0.4, -0.2) is 25.4 Å². The third-order valence-electron chi connectivity index (χ3n) is 3.55. The normalized spacial score (nSPS) is 10.8. The fourth-order valence-electron chi connectivity index (χ4n) is 2.49. The number of thioether (sulfide) groups is 1. The Morgan fingerprint density at radius 2 is 2.00 bits per heavy atom. The first-order valence-corrected chi connectivity index (χ1v) is 8.57. The number of halogens is 1. The monoisotopic (exact) mass is 358 g/mol. The molecular formula is C17H15FN4O2S. The molecule has 3 aromatic rings. The largest absolute Gasteiger partial charge is 0.301 e. The summed E-state index contributed by atoms with van der Waals surface area (Å²) in [4.78, 5) is 15.1. The lowest BCUT2D eigenvalue weighted by Crippen LogP contribution is -1.96.